The zero-order chi connectivity index (χ0) is 19.2. The molecular formula is C24H37NO2. The molecule has 0 aliphatic heterocycles. The second-order valence-electron chi connectivity index (χ2n) is 9.81. The normalized spacial score (nSPS) is 37.6. The number of nitrogens with zero attached hydrogens (tertiary/aromatic N) is 1. The van der Waals surface area contributed by atoms with E-state index >= 15 is 0 Å². The zero-order valence-electron chi connectivity index (χ0n) is 17.6. The van der Waals surface area contributed by atoms with E-state index in [1.165, 1.54) is 37.7 Å². The topological polar surface area (TPSA) is 32.7 Å². The van der Waals surface area contributed by atoms with E-state index in [0.29, 0.717) is 11.8 Å². The van der Waals surface area contributed by atoms with Crippen LogP contribution in [-0.2, 0) is 6.42 Å². The van der Waals surface area contributed by atoms with E-state index in [4.69, 9.17) is 4.74 Å². The van der Waals surface area contributed by atoms with Crippen LogP contribution in [0.5, 0.6) is 5.75 Å². The molecule has 0 amide bonds. The number of ether oxygens (including phenoxy) is 1. The average molecular weight is 372 g/mol. The lowest BCUT2D eigenvalue weighted by Gasteiger charge is -2.53. The molecule has 3 aliphatic rings. The van der Waals surface area contributed by atoms with Crippen LogP contribution < -0.4 is 4.74 Å². The standard InChI is InChI=1S/C24H37NO2/c1-5-24(26)13-11-22-21-8-6-17-16-18(27-15-14-25(3)4)7-9-19(17)20(21)10-12-23(22,24)2/h7,9,16,20-22,26H,5-6,8,10-15H2,1-4H3/t20-,21-,22+,23+,24+/m1/s1. The van der Waals surface area contributed by atoms with Crippen LogP contribution in [0, 0.1) is 17.3 Å². The van der Waals surface area contributed by atoms with Gasteiger partial charge in [-0.1, -0.05) is 19.9 Å². The predicted molar refractivity (Wildman–Crippen MR) is 110 cm³/mol. The van der Waals surface area contributed by atoms with E-state index in [1.54, 1.807) is 5.56 Å². The van der Waals surface area contributed by atoms with Gasteiger partial charge in [-0.15, -0.1) is 0 Å². The summed E-state index contributed by atoms with van der Waals surface area (Å²) in [7, 11) is 4.16. The molecule has 2 fully saturated rings. The Kier molecular flexibility index (Phi) is 5.05. The summed E-state index contributed by atoms with van der Waals surface area (Å²) in [5.41, 5.74) is 2.76. The van der Waals surface area contributed by atoms with Crippen molar-refractivity contribution in [1.82, 2.24) is 4.90 Å². The number of likely N-dealkylation sites (N-methyl/N-ethyl adjacent to an activating group) is 1. The molecule has 3 heteroatoms. The van der Waals surface area contributed by atoms with Gasteiger partial charge in [-0.05, 0) is 105 Å². The Morgan fingerprint density at radius 2 is 2.00 bits per heavy atom. The lowest BCUT2D eigenvalue weighted by molar-refractivity contribution is -0.104. The maximum Gasteiger partial charge on any atom is 0.119 e. The van der Waals surface area contributed by atoms with Gasteiger partial charge in [0.25, 0.3) is 0 Å². The van der Waals surface area contributed by atoms with Crippen LogP contribution in [-0.4, -0.2) is 42.9 Å². The van der Waals surface area contributed by atoms with Crippen LogP contribution in [0.4, 0.5) is 0 Å². The molecule has 150 valence electrons. The monoisotopic (exact) mass is 371 g/mol. The maximum atomic E-state index is 11.3. The zero-order valence-corrected chi connectivity index (χ0v) is 17.6. The van der Waals surface area contributed by atoms with Gasteiger partial charge in [0.2, 0.25) is 0 Å². The van der Waals surface area contributed by atoms with Crippen molar-refractivity contribution in [2.24, 2.45) is 17.3 Å². The Hall–Kier alpha value is -1.06. The van der Waals surface area contributed by atoms with Crippen LogP contribution >= 0.6 is 0 Å². The Labute approximate surface area is 165 Å². The lowest BCUT2D eigenvalue weighted by atomic mass is 9.53. The lowest BCUT2D eigenvalue weighted by Crippen LogP contribution is -2.50. The van der Waals surface area contributed by atoms with E-state index in [-0.39, 0.29) is 5.41 Å². The van der Waals surface area contributed by atoms with Crippen molar-refractivity contribution in [2.75, 3.05) is 27.2 Å². The van der Waals surface area contributed by atoms with Crippen molar-refractivity contribution in [2.45, 2.75) is 70.3 Å². The van der Waals surface area contributed by atoms with Crippen LogP contribution in [0.25, 0.3) is 0 Å². The van der Waals surface area contributed by atoms with Crippen molar-refractivity contribution < 1.29 is 9.84 Å². The smallest absolute Gasteiger partial charge is 0.119 e. The minimum Gasteiger partial charge on any atom is -0.492 e. The first-order valence-electron chi connectivity index (χ1n) is 11.0. The minimum atomic E-state index is -0.437. The molecule has 5 atom stereocenters. The number of rotatable bonds is 5. The second-order valence-corrected chi connectivity index (χ2v) is 9.81. The van der Waals surface area contributed by atoms with Crippen LogP contribution in [0.1, 0.15) is 69.4 Å². The molecule has 3 aliphatic carbocycles. The van der Waals surface area contributed by atoms with Crippen LogP contribution in [0.15, 0.2) is 18.2 Å². The number of benzene rings is 1. The molecule has 0 heterocycles. The molecule has 1 aromatic carbocycles. The first kappa shape index (κ1) is 19.3. The maximum absolute atomic E-state index is 11.3. The molecule has 27 heavy (non-hydrogen) atoms. The second kappa shape index (κ2) is 7.08. The highest BCUT2D eigenvalue weighted by Crippen LogP contribution is 2.64. The molecule has 3 nitrogen and oxygen atoms in total. The Bertz CT molecular complexity index is 687. The predicted octanol–water partition coefficient (Wildman–Crippen LogP) is 4.62. The molecule has 0 saturated heterocycles. The molecule has 2 saturated carbocycles. The summed E-state index contributed by atoms with van der Waals surface area (Å²) in [4.78, 5) is 2.15. The molecule has 0 bridgehead atoms. The molecule has 1 aromatic rings. The number of fused-ring (bicyclic) bond motifs is 5. The van der Waals surface area contributed by atoms with Crippen LogP contribution in [0.2, 0.25) is 0 Å². The van der Waals surface area contributed by atoms with E-state index in [0.717, 1.165) is 37.7 Å². The van der Waals surface area contributed by atoms with Gasteiger partial charge in [-0.2, -0.15) is 0 Å². The molecular weight excluding hydrogens is 334 g/mol. The Morgan fingerprint density at radius 3 is 2.74 bits per heavy atom. The molecule has 1 N–H and O–H groups in total. The summed E-state index contributed by atoms with van der Waals surface area (Å²) in [6, 6.07) is 6.83. The number of hydrogen-bond acceptors (Lipinski definition) is 3. The summed E-state index contributed by atoms with van der Waals surface area (Å²) in [6.45, 7) is 6.26. The summed E-state index contributed by atoms with van der Waals surface area (Å²) in [5.74, 6) is 3.14. The van der Waals surface area contributed by atoms with E-state index in [2.05, 4.69) is 51.0 Å². The molecule has 0 aromatic heterocycles. The third-order valence-electron chi connectivity index (χ3n) is 8.41. The minimum absolute atomic E-state index is 0.121. The van der Waals surface area contributed by atoms with Gasteiger partial charge in [0.1, 0.15) is 12.4 Å². The van der Waals surface area contributed by atoms with Crippen LogP contribution in [0.3, 0.4) is 0 Å². The first-order valence-corrected chi connectivity index (χ1v) is 11.0. The molecule has 4 rings (SSSR count). The highest BCUT2D eigenvalue weighted by atomic mass is 16.5. The molecule has 0 unspecified atom stereocenters. The number of aliphatic hydroxyl groups is 1. The van der Waals surface area contributed by atoms with Gasteiger partial charge in [-0.3, -0.25) is 0 Å². The van der Waals surface area contributed by atoms with Crippen molar-refractivity contribution >= 4 is 0 Å². The van der Waals surface area contributed by atoms with Crippen molar-refractivity contribution in [1.29, 1.82) is 0 Å². The van der Waals surface area contributed by atoms with Crippen molar-refractivity contribution in [3.05, 3.63) is 29.3 Å². The Balaban J connectivity index is 1.53. The SMILES string of the molecule is CC[C@]1(O)CC[C@H]2[C@@H]3CCc4cc(OCCN(C)C)ccc4[C@H]3CC[C@@]21C. The van der Waals surface area contributed by atoms with Gasteiger partial charge < -0.3 is 14.7 Å². The van der Waals surface area contributed by atoms with Gasteiger partial charge in [0.05, 0.1) is 5.60 Å². The van der Waals surface area contributed by atoms with Crippen molar-refractivity contribution in [3.8, 4) is 5.75 Å². The van der Waals surface area contributed by atoms with Crippen molar-refractivity contribution in [3.63, 3.8) is 0 Å². The summed E-state index contributed by atoms with van der Waals surface area (Å²) >= 11 is 0. The summed E-state index contributed by atoms with van der Waals surface area (Å²) < 4.78 is 5.97. The van der Waals surface area contributed by atoms with E-state index < -0.39 is 5.60 Å². The van der Waals surface area contributed by atoms with E-state index in [9.17, 15) is 5.11 Å². The Morgan fingerprint density at radius 1 is 1.19 bits per heavy atom. The highest BCUT2D eigenvalue weighted by Gasteiger charge is 2.60. The molecule has 0 spiro atoms. The quantitative estimate of drug-likeness (QED) is 0.819. The number of hydrogen-bond donors (Lipinski definition) is 1. The average Bonchev–Trinajstić information content (AvgIpc) is 2.93. The first-order chi connectivity index (χ1) is 12.9. The fourth-order valence-corrected chi connectivity index (χ4v) is 6.69. The molecule has 0 radical (unpaired) electrons. The van der Waals surface area contributed by atoms with E-state index in [1.807, 2.05) is 0 Å². The van der Waals surface area contributed by atoms with Gasteiger partial charge in [-0.25, -0.2) is 0 Å². The fourth-order valence-electron chi connectivity index (χ4n) is 6.69. The third kappa shape index (κ3) is 3.11. The highest BCUT2D eigenvalue weighted by molar-refractivity contribution is 5.41. The van der Waals surface area contributed by atoms with Gasteiger partial charge in [0.15, 0.2) is 0 Å². The number of aryl methyl sites for hydroxylation is 1. The summed E-state index contributed by atoms with van der Waals surface area (Å²) in [6.07, 6.45) is 7.96. The van der Waals surface area contributed by atoms with Gasteiger partial charge >= 0.3 is 0 Å². The largest absolute Gasteiger partial charge is 0.492 e. The summed E-state index contributed by atoms with van der Waals surface area (Å²) in [5, 5.41) is 11.3. The fraction of sp³-hybridized carbons (Fsp3) is 0.750. The third-order valence-corrected chi connectivity index (χ3v) is 8.41. The van der Waals surface area contributed by atoms with Gasteiger partial charge in [0, 0.05) is 6.54 Å².